The Morgan fingerprint density at radius 2 is 1.73 bits per heavy atom. The molecule has 0 aromatic heterocycles. The Bertz CT molecular complexity index is 835. The lowest BCUT2D eigenvalue weighted by molar-refractivity contribution is -0.126. The molecule has 0 fully saturated rings. The summed E-state index contributed by atoms with van der Waals surface area (Å²) in [6.45, 7) is 1.99. The standard InChI is InChI=1S/C20H21N3O3/c1-14(19(25)21-12-15-8-4-3-5-9-15)23-17-11-7-6-10-16(17)20(26)22(2)13-18(23)24/h3-11,14H,12-13H2,1-2H3,(H,21,25)/t14-/m0/s1. The molecule has 6 nitrogen and oxygen atoms in total. The van der Waals surface area contributed by atoms with Gasteiger partial charge >= 0.3 is 0 Å². The van der Waals surface area contributed by atoms with Crippen LogP contribution in [0.25, 0.3) is 0 Å². The van der Waals surface area contributed by atoms with Gasteiger partial charge in [-0.15, -0.1) is 0 Å². The van der Waals surface area contributed by atoms with Crippen molar-refractivity contribution in [2.45, 2.75) is 19.5 Å². The van der Waals surface area contributed by atoms with E-state index in [-0.39, 0.29) is 24.3 Å². The van der Waals surface area contributed by atoms with Crippen LogP contribution in [0.5, 0.6) is 0 Å². The highest BCUT2D eigenvalue weighted by atomic mass is 16.2. The van der Waals surface area contributed by atoms with Gasteiger partial charge in [0, 0.05) is 13.6 Å². The molecule has 0 unspecified atom stereocenters. The van der Waals surface area contributed by atoms with Gasteiger partial charge in [-0.05, 0) is 24.6 Å². The van der Waals surface area contributed by atoms with Gasteiger partial charge in [-0.3, -0.25) is 19.3 Å². The number of carbonyl (C=O) groups excluding carboxylic acids is 3. The van der Waals surface area contributed by atoms with Gasteiger partial charge in [-0.25, -0.2) is 0 Å². The highest BCUT2D eigenvalue weighted by Gasteiger charge is 2.34. The first-order valence-electron chi connectivity index (χ1n) is 8.47. The van der Waals surface area contributed by atoms with Crippen molar-refractivity contribution in [3.8, 4) is 0 Å². The van der Waals surface area contributed by atoms with Gasteiger partial charge in [-0.2, -0.15) is 0 Å². The van der Waals surface area contributed by atoms with Crippen molar-refractivity contribution < 1.29 is 14.4 Å². The van der Waals surface area contributed by atoms with Gasteiger partial charge < -0.3 is 10.2 Å². The summed E-state index contributed by atoms with van der Waals surface area (Å²) in [5, 5.41) is 2.86. The van der Waals surface area contributed by atoms with Crippen LogP contribution in [-0.4, -0.2) is 42.3 Å². The Labute approximate surface area is 152 Å². The third kappa shape index (κ3) is 3.44. The van der Waals surface area contributed by atoms with Crippen molar-refractivity contribution in [1.29, 1.82) is 0 Å². The first-order valence-corrected chi connectivity index (χ1v) is 8.47. The third-order valence-electron chi connectivity index (χ3n) is 4.46. The molecular weight excluding hydrogens is 330 g/mol. The van der Waals surface area contributed by atoms with Crippen molar-refractivity contribution in [3.63, 3.8) is 0 Å². The predicted molar refractivity (Wildman–Crippen MR) is 98.6 cm³/mol. The van der Waals surface area contributed by atoms with Gasteiger partial charge in [0.1, 0.15) is 12.6 Å². The fourth-order valence-corrected chi connectivity index (χ4v) is 3.03. The number of fused-ring (bicyclic) bond motifs is 1. The quantitative estimate of drug-likeness (QED) is 0.913. The number of likely N-dealkylation sites (N-methyl/N-ethyl adjacent to an activating group) is 1. The molecule has 0 saturated heterocycles. The second-order valence-electron chi connectivity index (χ2n) is 6.32. The topological polar surface area (TPSA) is 69.7 Å². The molecule has 0 bridgehead atoms. The number of carbonyl (C=O) groups is 3. The summed E-state index contributed by atoms with van der Waals surface area (Å²) >= 11 is 0. The SMILES string of the molecule is C[C@@H](C(=O)NCc1ccccc1)N1C(=O)CN(C)C(=O)c2ccccc21. The molecule has 134 valence electrons. The van der Waals surface area contributed by atoms with Crippen LogP contribution in [0.4, 0.5) is 5.69 Å². The van der Waals surface area contributed by atoms with E-state index < -0.39 is 6.04 Å². The number of hydrogen-bond acceptors (Lipinski definition) is 3. The van der Waals surface area contributed by atoms with Crippen molar-refractivity contribution in [3.05, 3.63) is 65.7 Å². The van der Waals surface area contributed by atoms with E-state index in [1.54, 1.807) is 38.2 Å². The summed E-state index contributed by atoms with van der Waals surface area (Å²) < 4.78 is 0. The van der Waals surface area contributed by atoms with E-state index in [0.29, 0.717) is 17.8 Å². The molecule has 6 heteroatoms. The maximum absolute atomic E-state index is 12.7. The number of amides is 3. The van der Waals surface area contributed by atoms with Crippen LogP contribution in [0.1, 0.15) is 22.8 Å². The van der Waals surface area contributed by atoms with E-state index >= 15 is 0 Å². The number of rotatable bonds is 4. The summed E-state index contributed by atoms with van der Waals surface area (Å²) in [6.07, 6.45) is 0. The Morgan fingerprint density at radius 1 is 1.08 bits per heavy atom. The molecule has 2 aromatic carbocycles. The number of nitrogens with zero attached hydrogens (tertiary/aromatic N) is 2. The van der Waals surface area contributed by atoms with Gasteiger partial charge in [0.15, 0.2) is 0 Å². The van der Waals surface area contributed by atoms with E-state index in [4.69, 9.17) is 0 Å². The van der Waals surface area contributed by atoms with Crippen LogP contribution in [0, 0.1) is 0 Å². The Kier molecular flexibility index (Phi) is 5.02. The molecule has 0 saturated carbocycles. The third-order valence-corrected chi connectivity index (χ3v) is 4.46. The fourth-order valence-electron chi connectivity index (χ4n) is 3.03. The number of para-hydroxylation sites is 1. The van der Waals surface area contributed by atoms with Gasteiger partial charge in [-0.1, -0.05) is 42.5 Å². The van der Waals surface area contributed by atoms with Crippen molar-refractivity contribution in [2.24, 2.45) is 0 Å². The first-order chi connectivity index (χ1) is 12.5. The average molecular weight is 351 g/mol. The smallest absolute Gasteiger partial charge is 0.256 e. The van der Waals surface area contributed by atoms with Crippen LogP contribution >= 0.6 is 0 Å². The van der Waals surface area contributed by atoms with Crippen molar-refractivity contribution >= 4 is 23.4 Å². The average Bonchev–Trinajstić information content (AvgIpc) is 2.75. The van der Waals surface area contributed by atoms with E-state index in [2.05, 4.69) is 5.32 Å². The highest BCUT2D eigenvalue weighted by Crippen LogP contribution is 2.27. The normalized spacial score (nSPS) is 15.3. The van der Waals surface area contributed by atoms with E-state index in [9.17, 15) is 14.4 Å². The van der Waals surface area contributed by atoms with Crippen LogP contribution < -0.4 is 10.2 Å². The summed E-state index contributed by atoms with van der Waals surface area (Å²) in [7, 11) is 1.58. The van der Waals surface area contributed by atoms with Crippen molar-refractivity contribution in [2.75, 3.05) is 18.5 Å². The van der Waals surface area contributed by atoms with Crippen molar-refractivity contribution in [1.82, 2.24) is 10.2 Å². The number of hydrogen-bond donors (Lipinski definition) is 1. The maximum atomic E-state index is 12.7. The summed E-state index contributed by atoms with van der Waals surface area (Å²) in [5.41, 5.74) is 1.86. The molecule has 1 aliphatic rings. The molecule has 0 spiro atoms. The minimum Gasteiger partial charge on any atom is -0.350 e. The van der Waals surface area contributed by atoms with Crippen LogP contribution in [0.2, 0.25) is 0 Å². The zero-order valence-electron chi connectivity index (χ0n) is 14.8. The van der Waals surface area contributed by atoms with Gasteiger partial charge in [0.25, 0.3) is 5.91 Å². The van der Waals surface area contributed by atoms with Crippen LogP contribution in [0.3, 0.4) is 0 Å². The minimum atomic E-state index is -0.730. The second-order valence-corrected chi connectivity index (χ2v) is 6.32. The molecule has 0 aliphatic carbocycles. The fraction of sp³-hybridized carbons (Fsp3) is 0.250. The highest BCUT2D eigenvalue weighted by molar-refractivity contribution is 6.11. The number of nitrogens with one attached hydrogen (secondary N) is 1. The largest absolute Gasteiger partial charge is 0.350 e. The van der Waals surface area contributed by atoms with Gasteiger partial charge in [0.2, 0.25) is 11.8 Å². The monoisotopic (exact) mass is 351 g/mol. The molecule has 0 radical (unpaired) electrons. The minimum absolute atomic E-state index is 0.0657. The predicted octanol–water partition coefficient (Wildman–Crippen LogP) is 1.81. The molecule has 1 atom stereocenters. The van der Waals surface area contributed by atoms with Gasteiger partial charge in [0.05, 0.1) is 11.3 Å². The number of anilines is 1. The Balaban J connectivity index is 1.84. The Morgan fingerprint density at radius 3 is 2.46 bits per heavy atom. The molecule has 3 amide bonds. The van der Waals surface area contributed by atoms with Crippen LogP contribution in [0.15, 0.2) is 54.6 Å². The first kappa shape index (κ1) is 17.7. The molecule has 26 heavy (non-hydrogen) atoms. The molecule has 3 rings (SSSR count). The van der Waals surface area contributed by atoms with E-state index in [1.807, 2.05) is 30.3 Å². The maximum Gasteiger partial charge on any atom is 0.256 e. The molecule has 1 aliphatic heterocycles. The summed E-state index contributed by atoms with van der Waals surface area (Å²) in [5.74, 6) is -0.782. The zero-order valence-corrected chi connectivity index (χ0v) is 14.8. The van der Waals surface area contributed by atoms with Crippen LogP contribution in [-0.2, 0) is 16.1 Å². The molecular formula is C20H21N3O3. The molecule has 1 N–H and O–H groups in total. The summed E-state index contributed by atoms with van der Waals surface area (Å²) in [4.78, 5) is 40.6. The lowest BCUT2D eigenvalue weighted by atomic mass is 10.1. The Hall–Kier alpha value is -3.15. The zero-order chi connectivity index (χ0) is 18.7. The molecule has 1 heterocycles. The summed E-state index contributed by atoms with van der Waals surface area (Å²) in [6, 6.07) is 15.7. The lowest BCUT2D eigenvalue weighted by Crippen LogP contribution is -2.49. The second kappa shape index (κ2) is 7.39. The lowest BCUT2D eigenvalue weighted by Gasteiger charge is -2.28. The van der Waals surface area contributed by atoms with E-state index in [0.717, 1.165) is 5.56 Å². The number of benzene rings is 2. The van der Waals surface area contributed by atoms with E-state index in [1.165, 1.54) is 9.80 Å². The molecule has 2 aromatic rings.